The quantitative estimate of drug-likeness (QED) is 0.0690. The molecule has 2 atom stereocenters. The Kier molecular flexibility index (Phi) is 69.3. The minimum Gasteiger partial charge on any atom is -0.370 e. The maximum absolute atomic E-state index is 13.4. The van der Waals surface area contributed by atoms with Gasteiger partial charge in [0.2, 0.25) is 23.9 Å². The van der Waals surface area contributed by atoms with Gasteiger partial charge in [0, 0.05) is 155 Å². The maximum Gasteiger partial charge on any atom is 0.228 e. The molecule has 0 spiro atoms. The number of likely N-dealkylation sites (tertiary alicyclic amines) is 3. The number of hydrogen-bond donors (Lipinski definition) is 0. The van der Waals surface area contributed by atoms with Crippen LogP contribution in [-0.4, -0.2) is 157 Å². The van der Waals surface area contributed by atoms with Gasteiger partial charge in [0.15, 0.2) is 5.78 Å². The third kappa shape index (κ3) is 65.2. The molecule has 0 saturated carbocycles. The summed E-state index contributed by atoms with van der Waals surface area (Å²) in [4.78, 5) is 92.9. The third-order valence-corrected chi connectivity index (χ3v) is 20.8. The summed E-state index contributed by atoms with van der Waals surface area (Å²) in [6, 6.07) is 28.4. The smallest absolute Gasteiger partial charge is 0.228 e. The number of ether oxygens (including phenoxy) is 1. The number of nitriles is 2. The van der Waals surface area contributed by atoms with Crippen LogP contribution in [-0.2, 0) is 60.6 Å². The number of aromatic nitrogens is 5. The van der Waals surface area contributed by atoms with E-state index in [4.69, 9.17) is 26.9 Å². The fourth-order valence-corrected chi connectivity index (χ4v) is 12.9. The molecule has 3 amide bonds. The first kappa shape index (κ1) is 152. The molecule has 4 saturated heterocycles. The van der Waals surface area contributed by atoms with Gasteiger partial charge in [-0.25, -0.2) is 9.37 Å². The lowest BCUT2D eigenvalue weighted by atomic mass is 9.76. The van der Waals surface area contributed by atoms with Crippen molar-refractivity contribution >= 4 is 52.5 Å². The van der Waals surface area contributed by atoms with Crippen molar-refractivity contribution in [3.8, 4) is 12.3 Å². The van der Waals surface area contributed by atoms with Crippen LogP contribution >= 0.6 is 11.6 Å². The summed E-state index contributed by atoms with van der Waals surface area (Å²) in [5.74, 6) is 2.36. The lowest BCUT2D eigenvalue weighted by Gasteiger charge is -2.38. The van der Waals surface area contributed by atoms with Gasteiger partial charge >= 0.3 is 0 Å². The van der Waals surface area contributed by atoms with Crippen LogP contribution in [0.4, 0.5) is 4.39 Å². The third-order valence-electron chi connectivity index (χ3n) is 20.6. The fourth-order valence-electron chi connectivity index (χ4n) is 12.7. The second kappa shape index (κ2) is 63.8. The highest BCUT2D eigenvalue weighted by Gasteiger charge is 2.40. The van der Waals surface area contributed by atoms with Gasteiger partial charge in [-0.3, -0.25) is 38.7 Å². The van der Waals surface area contributed by atoms with E-state index in [0.717, 1.165) is 79.9 Å². The van der Waals surface area contributed by atoms with Gasteiger partial charge in [-0.1, -0.05) is 396 Å². The van der Waals surface area contributed by atoms with E-state index in [-0.39, 0.29) is 158 Å². The summed E-state index contributed by atoms with van der Waals surface area (Å²) in [7, 11) is 3.54. The predicted molar refractivity (Wildman–Crippen MR) is 604 cm³/mol. The van der Waals surface area contributed by atoms with Crippen LogP contribution in [0.25, 0.3) is 0 Å². The summed E-state index contributed by atoms with van der Waals surface area (Å²) in [6.45, 7) is 98.7. The molecule has 4 aliphatic heterocycles. The molecule has 5 aromatic rings. The van der Waals surface area contributed by atoms with Gasteiger partial charge in [0.1, 0.15) is 40.4 Å². The Labute approximate surface area is 867 Å². The minimum absolute atomic E-state index is 0. The zero-order valence-corrected chi connectivity index (χ0v) is 93.9. The summed E-state index contributed by atoms with van der Waals surface area (Å²) >= 11 is 5.74. The van der Waals surface area contributed by atoms with Crippen molar-refractivity contribution < 1.29 is 37.9 Å². The second-order valence-corrected chi connectivity index (χ2v) is 51.0. The monoisotopic (exact) mass is 1980 g/mol. The zero-order chi connectivity index (χ0) is 105. The molecule has 19 nitrogen and oxygen atoms in total. The van der Waals surface area contributed by atoms with Gasteiger partial charge in [-0.15, -0.1) is 0 Å². The van der Waals surface area contributed by atoms with Crippen LogP contribution in [0.5, 0.6) is 0 Å². The number of hydrogen-bond acceptors (Lipinski definition) is 15. The highest BCUT2D eigenvalue weighted by Crippen LogP contribution is 2.34. The van der Waals surface area contributed by atoms with E-state index in [1.54, 1.807) is 55.2 Å². The molecule has 0 N–H and O–H groups in total. The number of carbonyl (C=O) groups is 6. The zero-order valence-electron chi connectivity index (χ0n) is 93.1. The molecule has 4 aromatic heterocycles. The van der Waals surface area contributed by atoms with E-state index < -0.39 is 5.67 Å². The first-order chi connectivity index (χ1) is 59.5. The molecule has 21 heteroatoms. The van der Waals surface area contributed by atoms with E-state index >= 15 is 0 Å². The van der Waals surface area contributed by atoms with Crippen LogP contribution in [0.15, 0.2) is 96.2 Å². The molecule has 1 aromatic carbocycles. The van der Waals surface area contributed by atoms with E-state index in [0.29, 0.717) is 47.6 Å². The number of nitrogens with zero attached hydrogens (tertiary/aromatic N) is 12. The lowest BCUT2D eigenvalue weighted by Crippen LogP contribution is -2.47. The number of aliphatic imine (C=N–C) groups is 1. The van der Waals surface area contributed by atoms with Crippen LogP contribution in [0, 0.1) is 92.3 Å². The molecular formula is C119H216ClFN12O7. The molecule has 9 rings (SSSR count). The first-order valence-corrected chi connectivity index (χ1v) is 48.1. The Morgan fingerprint density at radius 1 is 0.471 bits per heavy atom. The molecule has 0 radical (unpaired) electrons. The Hall–Kier alpha value is -8.20. The number of rotatable bonds is 2. The van der Waals surface area contributed by atoms with Gasteiger partial charge < -0.3 is 24.3 Å². The van der Waals surface area contributed by atoms with Gasteiger partial charge in [-0.05, 0) is 124 Å². The number of alkyl halides is 1. The molecule has 4 fully saturated rings. The van der Waals surface area contributed by atoms with Crippen LogP contribution in [0.2, 0.25) is 5.15 Å². The number of Topliss-reactive ketones (excluding diaryl/α,β-unsaturated/α-hetero) is 3. The van der Waals surface area contributed by atoms with E-state index in [1.165, 1.54) is 36.0 Å². The number of carbonyl (C=O) groups excluding carboxylic acids is 6. The standard InChI is InChI=1S/C11H16.C10H18FNO.C10H12N2.C10H15N.C10H20O.C9H12ClN.C9H15N3.C9H14N2.C9H17NO.C9H16O2.C9H18O.C7H15NO.7CH4/c1-9-5-7-10(8-6-9)11(2,3)4;1-9(2,3)8(13)12-6-5-10(4,11)7-12;1-10(2,3)9-8(7-11)5-4-6-12-9;1-8-5-6-9(11-7-8)10(2,3)4;1-9(2,3)7-8(11)10(4,5)6;1-9(2,3)7-5-4-6-8(10)11-7;1-9(2,3)8(11-7-10)12-5-4-6-12;1-7-5-6-8(11-10-7)9(2,3)4;1-9(2,3)8(11)10-6-4-5-7-10;1-9(2,3)8(10)7-5-4-6-11-7;1-8(2,3)7(10)9(4,5)6;1-7(2,3)6(9)8(4)5;;;;;;;/h5-8H,1-4H3;5-7H2,1-4H3;4-6H,1-3H3;5-7H,1-4H3;7H2,1-6H3;4-6H,1-3H3;4-6H2,1-3H3;5-6H,1-4H3;4-7H2,1-3H3;7H,4-6H2,1-3H3;1-6H3;1-5H3;7*1H4. The number of ketones is 3. The number of benzene rings is 1. The molecular weight excluding hydrogens is 1760 g/mol. The van der Waals surface area contributed by atoms with Crippen molar-refractivity contribution in [2.24, 2.45) is 53.7 Å². The molecule has 2 unspecified atom stereocenters. The largest absolute Gasteiger partial charge is 0.370 e. The average molecular weight is 1980 g/mol. The van der Waals surface area contributed by atoms with Crippen molar-refractivity contribution in [1.29, 1.82) is 10.5 Å². The molecule has 140 heavy (non-hydrogen) atoms. The Morgan fingerprint density at radius 2 is 0.914 bits per heavy atom. The number of pyridine rings is 3. The van der Waals surface area contributed by atoms with Crippen molar-refractivity contribution in [1.82, 2.24) is 44.7 Å². The Balaban J connectivity index is -0.000000164. The summed E-state index contributed by atoms with van der Waals surface area (Å²) in [5, 5.41) is 26.0. The molecule has 808 valence electrons. The highest BCUT2D eigenvalue weighted by molar-refractivity contribution is 6.29. The molecule has 8 heterocycles. The summed E-state index contributed by atoms with van der Waals surface area (Å²) in [5.41, 5.74) is 7.64. The highest BCUT2D eigenvalue weighted by atomic mass is 35.5. The maximum atomic E-state index is 13.4. The van der Waals surface area contributed by atoms with Crippen molar-refractivity contribution in [3.63, 3.8) is 0 Å². The normalized spacial score (nSPS) is 15.1. The molecule has 0 aliphatic carbocycles. The SMILES string of the molecule is C.C.C.C.C.C.C.CC(C)(C)C(=NC#N)N1CCC1.CC(C)(C)C(=O)C(C)(C)C.CC(C)(C)C(=O)C1CCCO1.CC(C)(C)C(=O)N1CCCC1.CC(C)(C)CC(=O)C(C)(C)C.CC(C)(C)c1cccc(Cl)n1.CC(C)(C)c1ncccc1C#N.CC1(F)CCN(C(=O)C(C)(C)C)C1.CN(C)C(=O)C(C)(C)C.Cc1ccc(C(C)(C)C)cc1.Cc1ccc(C(C)(C)C)nc1.Cc1ccc(C(C)(C)C)nn1. The Morgan fingerprint density at radius 3 is 1.18 bits per heavy atom. The average Bonchev–Trinajstić information content (AvgIpc) is 1.40. The topological polar surface area (TPSA) is 249 Å². The lowest BCUT2D eigenvalue weighted by molar-refractivity contribution is -0.139. The van der Waals surface area contributed by atoms with Crippen molar-refractivity contribution in [2.75, 3.05) is 60.0 Å². The van der Waals surface area contributed by atoms with Gasteiger partial charge in [0.25, 0.3) is 0 Å². The first-order valence-electron chi connectivity index (χ1n) is 47.8. The van der Waals surface area contributed by atoms with Crippen molar-refractivity contribution in [2.45, 2.75) is 454 Å². The number of amides is 3. The van der Waals surface area contributed by atoms with Crippen LogP contribution in [0.3, 0.4) is 0 Å². The van der Waals surface area contributed by atoms with E-state index in [1.807, 2.05) is 194 Å². The fraction of sp³-hybridized carbons (Fsp3) is 0.714. The van der Waals surface area contributed by atoms with Crippen LogP contribution in [0.1, 0.15) is 445 Å². The number of amidine groups is 1. The molecule has 0 bridgehead atoms. The summed E-state index contributed by atoms with van der Waals surface area (Å²) in [6.07, 6.45) is 12.1. The van der Waals surface area contributed by atoms with Crippen LogP contribution < -0.4 is 0 Å². The number of aryl methyl sites for hydroxylation is 3. The summed E-state index contributed by atoms with van der Waals surface area (Å²) < 4.78 is 18.7. The van der Waals surface area contributed by atoms with Gasteiger partial charge in [-0.2, -0.15) is 25.7 Å². The predicted octanol–water partition coefficient (Wildman–Crippen LogP) is 31.7. The van der Waals surface area contributed by atoms with Crippen molar-refractivity contribution in [3.05, 3.63) is 147 Å². The van der Waals surface area contributed by atoms with Gasteiger partial charge in [0.05, 0.1) is 29.2 Å². The second-order valence-electron chi connectivity index (χ2n) is 50.6. The Bertz CT molecular complexity index is 4240. The minimum atomic E-state index is -1.18. The number of halogens is 2. The van der Waals surface area contributed by atoms with E-state index in [9.17, 15) is 33.2 Å². The van der Waals surface area contributed by atoms with E-state index in [2.05, 4.69) is 237 Å². The molecule has 4 aliphatic rings.